The van der Waals surface area contributed by atoms with E-state index in [1.165, 1.54) is 6.92 Å². The fourth-order valence-corrected chi connectivity index (χ4v) is 5.05. The average molecular weight is 538 g/mol. The Hall–Kier alpha value is -4.12. The molecule has 1 fully saturated rings. The predicted molar refractivity (Wildman–Crippen MR) is 147 cm³/mol. The molecule has 1 aliphatic heterocycles. The first kappa shape index (κ1) is 26.5. The third-order valence-electron chi connectivity index (χ3n) is 7.07. The summed E-state index contributed by atoms with van der Waals surface area (Å²) < 4.78 is 41.9. The molecule has 0 bridgehead atoms. The monoisotopic (exact) mass is 537 g/mol. The van der Waals surface area contributed by atoms with Crippen molar-refractivity contribution in [3.05, 3.63) is 59.9 Å². The third kappa shape index (κ3) is 5.40. The van der Waals surface area contributed by atoms with Crippen LogP contribution in [0, 0.1) is 6.92 Å². The molecule has 0 aliphatic carbocycles. The van der Waals surface area contributed by atoms with Crippen LogP contribution in [-0.4, -0.2) is 59.0 Å². The largest absolute Gasteiger partial charge is 0.419 e. The molecule has 1 aliphatic rings. The van der Waals surface area contributed by atoms with E-state index in [2.05, 4.69) is 35.4 Å². The van der Waals surface area contributed by atoms with Crippen LogP contribution in [-0.2, 0) is 11.0 Å². The highest BCUT2D eigenvalue weighted by Gasteiger charge is 2.36. The fourth-order valence-electron chi connectivity index (χ4n) is 5.05. The summed E-state index contributed by atoms with van der Waals surface area (Å²) in [6.45, 7) is 4.99. The maximum Gasteiger partial charge on any atom is 0.419 e. The molecular weight excluding hydrogens is 507 g/mol. The minimum atomic E-state index is -4.64. The number of halogens is 3. The summed E-state index contributed by atoms with van der Waals surface area (Å²) in [6.07, 6.45) is -1.29. The topological polar surface area (TPSA) is 89.2 Å². The van der Waals surface area contributed by atoms with E-state index in [9.17, 15) is 18.0 Å². The van der Waals surface area contributed by atoms with Gasteiger partial charge in [-0.3, -0.25) is 4.79 Å². The zero-order valence-electron chi connectivity index (χ0n) is 22.1. The number of aryl methyl sites for hydroxylation is 1. The molecule has 2 aromatic carbocycles. The average Bonchev–Trinajstić information content (AvgIpc) is 3.52. The van der Waals surface area contributed by atoms with Crippen molar-refractivity contribution in [2.45, 2.75) is 32.5 Å². The molecule has 1 unspecified atom stereocenters. The fraction of sp³-hybridized carbons (Fsp3) is 0.321. The van der Waals surface area contributed by atoms with Gasteiger partial charge in [-0.15, -0.1) is 0 Å². The second-order valence-electron chi connectivity index (χ2n) is 10.0. The van der Waals surface area contributed by atoms with Gasteiger partial charge >= 0.3 is 6.18 Å². The summed E-state index contributed by atoms with van der Waals surface area (Å²) in [4.78, 5) is 27.7. The number of hydrogen-bond acceptors (Lipinski definition) is 6. The van der Waals surface area contributed by atoms with Crippen molar-refractivity contribution < 1.29 is 18.0 Å². The van der Waals surface area contributed by atoms with Gasteiger partial charge < -0.3 is 25.4 Å². The van der Waals surface area contributed by atoms with E-state index >= 15 is 0 Å². The SMILES string of the molecule is CC(=O)Nc1cc(Nc2ncc(C(F)(F)F)c(-c3c[nH]c4c(C)cccc34)n2)ccc1N1CCC(N(C)C)C1. The lowest BCUT2D eigenvalue weighted by molar-refractivity contribution is -0.137. The van der Waals surface area contributed by atoms with Crippen LogP contribution in [0.3, 0.4) is 0 Å². The first-order valence-corrected chi connectivity index (χ1v) is 12.6. The Kier molecular flexibility index (Phi) is 6.94. The number of nitrogens with one attached hydrogen (secondary N) is 3. The van der Waals surface area contributed by atoms with E-state index in [0.29, 0.717) is 28.4 Å². The van der Waals surface area contributed by atoms with Gasteiger partial charge in [-0.1, -0.05) is 18.2 Å². The molecule has 1 saturated heterocycles. The molecular formula is C28H30F3N7O. The number of benzene rings is 2. The Morgan fingerprint density at radius 1 is 1.21 bits per heavy atom. The van der Waals surface area contributed by atoms with Crippen LogP contribution in [0.2, 0.25) is 0 Å². The minimum absolute atomic E-state index is 0.00960. The molecule has 1 amide bonds. The number of aromatic nitrogens is 3. The van der Waals surface area contributed by atoms with Crippen molar-refractivity contribution >= 4 is 39.8 Å². The first-order valence-electron chi connectivity index (χ1n) is 12.6. The second kappa shape index (κ2) is 10.2. The molecule has 0 radical (unpaired) electrons. The Labute approximate surface area is 224 Å². The number of nitrogens with zero attached hydrogens (tertiary/aromatic N) is 4. The van der Waals surface area contributed by atoms with E-state index < -0.39 is 11.7 Å². The van der Waals surface area contributed by atoms with Gasteiger partial charge in [0.05, 0.1) is 17.1 Å². The number of anilines is 4. The van der Waals surface area contributed by atoms with Crippen LogP contribution >= 0.6 is 0 Å². The van der Waals surface area contributed by atoms with Crippen LogP contribution in [0.5, 0.6) is 0 Å². The molecule has 4 aromatic rings. The highest BCUT2D eigenvalue weighted by Crippen LogP contribution is 2.39. The van der Waals surface area contributed by atoms with Crippen molar-refractivity contribution in [3.63, 3.8) is 0 Å². The Morgan fingerprint density at radius 2 is 2.00 bits per heavy atom. The number of likely N-dealkylation sites (N-methyl/N-ethyl adjacent to an activating group) is 1. The van der Waals surface area contributed by atoms with Gasteiger partial charge in [0.15, 0.2) is 0 Å². The zero-order valence-corrected chi connectivity index (χ0v) is 22.1. The Balaban J connectivity index is 1.51. The summed E-state index contributed by atoms with van der Waals surface area (Å²) in [5, 5.41) is 6.55. The van der Waals surface area contributed by atoms with Gasteiger partial charge in [-0.05, 0) is 51.2 Å². The zero-order chi connectivity index (χ0) is 27.9. The van der Waals surface area contributed by atoms with Gasteiger partial charge in [0.1, 0.15) is 5.56 Å². The molecule has 8 nitrogen and oxygen atoms in total. The van der Waals surface area contributed by atoms with E-state index in [-0.39, 0.29) is 17.5 Å². The van der Waals surface area contributed by atoms with E-state index in [0.717, 1.165) is 42.5 Å². The number of fused-ring (bicyclic) bond motifs is 1. The highest BCUT2D eigenvalue weighted by molar-refractivity contribution is 5.97. The predicted octanol–water partition coefficient (Wildman–Crippen LogP) is 5.79. The maximum absolute atomic E-state index is 14.0. The standard InChI is InChI=1S/C28H30F3N7O/c1-16-6-5-7-20-21(13-32-25(16)20)26-22(28(29,30)31)14-33-27(36-26)35-18-8-9-24(23(12-18)34-17(2)39)38-11-10-19(15-38)37(3)4/h5-9,12-14,19,32H,10-11,15H2,1-4H3,(H,34,39)(H,33,35,36). The van der Waals surface area contributed by atoms with Crippen LogP contribution in [0.15, 0.2) is 48.8 Å². The van der Waals surface area contributed by atoms with Crippen molar-refractivity contribution in [1.82, 2.24) is 19.9 Å². The number of carbonyl (C=O) groups is 1. The summed E-state index contributed by atoms with van der Waals surface area (Å²) in [5.41, 5.74) is 2.88. The van der Waals surface area contributed by atoms with Crippen LogP contribution in [0.1, 0.15) is 24.5 Å². The molecule has 5 rings (SSSR count). The second-order valence-corrected chi connectivity index (χ2v) is 10.0. The van der Waals surface area contributed by atoms with Gasteiger partial charge in [0, 0.05) is 60.6 Å². The number of alkyl halides is 3. The molecule has 11 heteroatoms. The van der Waals surface area contributed by atoms with E-state index in [1.807, 2.05) is 33.2 Å². The molecule has 1 atom stereocenters. The van der Waals surface area contributed by atoms with Gasteiger partial charge in [-0.2, -0.15) is 13.2 Å². The quantitative estimate of drug-likeness (QED) is 0.288. The summed E-state index contributed by atoms with van der Waals surface area (Å²) in [5.74, 6) is -0.213. The number of amides is 1. The highest BCUT2D eigenvalue weighted by atomic mass is 19.4. The smallest absolute Gasteiger partial charge is 0.368 e. The lowest BCUT2D eigenvalue weighted by Gasteiger charge is -2.24. The third-order valence-corrected chi connectivity index (χ3v) is 7.07. The Morgan fingerprint density at radius 3 is 2.69 bits per heavy atom. The van der Waals surface area contributed by atoms with Gasteiger partial charge in [0.2, 0.25) is 11.9 Å². The number of hydrogen-bond donors (Lipinski definition) is 3. The van der Waals surface area contributed by atoms with Crippen molar-refractivity contribution in [3.8, 4) is 11.3 Å². The summed E-state index contributed by atoms with van der Waals surface area (Å²) in [6, 6.07) is 11.3. The molecule has 0 spiro atoms. The first-order chi connectivity index (χ1) is 18.5. The lowest BCUT2D eigenvalue weighted by Crippen LogP contribution is -2.31. The molecule has 2 aromatic heterocycles. The lowest BCUT2D eigenvalue weighted by atomic mass is 10.0. The van der Waals surface area contributed by atoms with Crippen LogP contribution < -0.4 is 15.5 Å². The minimum Gasteiger partial charge on any atom is -0.368 e. The maximum atomic E-state index is 14.0. The molecule has 3 heterocycles. The molecule has 0 saturated carbocycles. The molecule has 3 N–H and O–H groups in total. The summed E-state index contributed by atoms with van der Waals surface area (Å²) >= 11 is 0. The Bertz CT molecular complexity index is 1530. The number of aromatic amines is 1. The van der Waals surface area contributed by atoms with Gasteiger partial charge in [0.25, 0.3) is 0 Å². The van der Waals surface area contributed by atoms with Crippen LogP contribution in [0.4, 0.5) is 36.2 Å². The molecule has 204 valence electrons. The number of carbonyl (C=O) groups excluding carboxylic acids is 1. The number of rotatable bonds is 6. The molecule has 39 heavy (non-hydrogen) atoms. The van der Waals surface area contributed by atoms with E-state index in [1.54, 1.807) is 30.5 Å². The number of para-hydroxylation sites is 1. The van der Waals surface area contributed by atoms with Crippen molar-refractivity contribution in [1.29, 1.82) is 0 Å². The van der Waals surface area contributed by atoms with E-state index in [4.69, 9.17) is 0 Å². The van der Waals surface area contributed by atoms with Crippen molar-refractivity contribution in [2.24, 2.45) is 0 Å². The van der Waals surface area contributed by atoms with Crippen LogP contribution in [0.25, 0.3) is 22.2 Å². The number of H-pyrrole nitrogens is 1. The van der Waals surface area contributed by atoms with Gasteiger partial charge in [-0.25, -0.2) is 9.97 Å². The van der Waals surface area contributed by atoms with Crippen molar-refractivity contribution in [2.75, 3.05) is 42.7 Å². The normalized spacial score (nSPS) is 15.8. The summed E-state index contributed by atoms with van der Waals surface area (Å²) in [7, 11) is 4.09.